The SMILES string of the molecule is O=C(O)c1cn(CCNc2cc(Cl)ccc2[N+](=O)[O-])cn1. The molecule has 110 valence electrons. The second kappa shape index (κ2) is 6.23. The standard InChI is InChI=1S/C12H11ClN4O4/c13-8-1-2-11(17(20)21)9(5-8)14-3-4-16-6-10(12(18)19)15-7-16/h1-2,5-7,14H,3-4H2,(H,18,19). The van der Waals surface area contributed by atoms with Gasteiger partial charge < -0.3 is 15.0 Å². The highest BCUT2D eigenvalue weighted by Crippen LogP contribution is 2.27. The van der Waals surface area contributed by atoms with Crippen molar-refractivity contribution < 1.29 is 14.8 Å². The van der Waals surface area contributed by atoms with Crippen LogP contribution in [0.15, 0.2) is 30.7 Å². The van der Waals surface area contributed by atoms with Gasteiger partial charge in [0.15, 0.2) is 5.69 Å². The molecule has 0 saturated heterocycles. The molecule has 0 aliphatic heterocycles. The number of halogens is 1. The third kappa shape index (κ3) is 3.69. The monoisotopic (exact) mass is 310 g/mol. The summed E-state index contributed by atoms with van der Waals surface area (Å²) < 4.78 is 1.58. The van der Waals surface area contributed by atoms with Gasteiger partial charge in [0.25, 0.3) is 5.69 Å². The van der Waals surface area contributed by atoms with Crippen LogP contribution in [0, 0.1) is 10.1 Å². The molecule has 0 unspecified atom stereocenters. The van der Waals surface area contributed by atoms with Crippen LogP contribution in [0.2, 0.25) is 5.02 Å². The number of imidazole rings is 1. The summed E-state index contributed by atoms with van der Waals surface area (Å²) in [6.07, 6.45) is 2.77. The summed E-state index contributed by atoms with van der Waals surface area (Å²) in [5, 5.41) is 22.9. The predicted molar refractivity (Wildman–Crippen MR) is 75.8 cm³/mol. The number of nitrogens with one attached hydrogen (secondary N) is 1. The summed E-state index contributed by atoms with van der Waals surface area (Å²) in [4.78, 5) is 24.8. The maximum Gasteiger partial charge on any atom is 0.356 e. The molecule has 1 heterocycles. The minimum Gasteiger partial charge on any atom is -0.476 e. The molecule has 8 nitrogen and oxygen atoms in total. The Bertz CT molecular complexity index is 686. The fraction of sp³-hybridized carbons (Fsp3) is 0.167. The number of carbonyl (C=O) groups is 1. The van der Waals surface area contributed by atoms with Gasteiger partial charge >= 0.3 is 5.97 Å². The van der Waals surface area contributed by atoms with Gasteiger partial charge in [0, 0.05) is 30.4 Å². The van der Waals surface area contributed by atoms with E-state index in [0.717, 1.165) is 0 Å². The van der Waals surface area contributed by atoms with Gasteiger partial charge in [-0.3, -0.25) is 10.1 Å². The first-order valence-electron chi connectivity index (χ1n) is 5.90. The topological polar surface area (TPSA) is 110 Å². The van der Waals surface area contributed by atoms with Gasteiger partial charge in [0.05, 0.1) is 11.3 Å². The molecular formula is C12H11ClN4O4. The van der Waals surface area contributed by atoms with Crippen molar-refractivity contribution in [3.63, 3.8) is 0 Å². The van der Waals surface area contributed by atoms with Crippen LogP contribution in [0.3, 0.4) is 0 Å². The molecule has 2 aromatic rings. The summed E-state index contributed by atoms with van der Waals surface area (Å²) >= 11 is 5.81. The van der Waals surface area contributed by atoms with Crippen molar-refractivity contribution >= 4 is 28.9 Å². The second-order valence-corrected chi connectivity index (χ2v) is 4.58. The van der Waals surface area contributed by atoms with Crippen molar-refractivity contribution in [1.82, 2.24) is 9.55 Å². The summed E-state index contributed by atoms with van der Waals surface area (Å²) in [7, 11) is 0. The average molecular weight is 311 g/mol. The van der Waals surface area contributed by atoms with Crippen LogP contribution in [0.25, 0.3) is 0 Å². The van der Waals surface area contributed by atoms with Crippen LogP contribution in [0.1, 0.15) is 10.5 Å². The molecule has 0 saturated carbocycles. The molecule has 0 bridgehead atoms. The first kappa shape index (κ1) is 14.8. The molecular weight excluding hydrogens is 300 g/mol. The molecule has 21 heavy (non-hydrogen) atoms. The fourth-order valence-electron chi connectivity index (χ4n) is 1.72. The van der Waals surface area contributed by atoms with Crippen molar-refractivity contribution in [1.29, 1.82) is 0 Å². The Morgan fingerprint density at radius 1 is 1.52 bits per heavy atom. The molecule has 0 spiro atoms. The summed E-state index contributed by atoms with van der Waals surface area (Å²) in [6.45, 7) is 0.764. The lowest BCUT2D eigenvalue weighted by molar-refractivity contribution is -0.384. The zero-order valence-corrected chi connectivity index (χ0v) is 11.4. The van der Waals surface area contributed by atoms with E-state index in [-0.39, 0.29) is 11.4 Å². The van der Waals surface area contributed by atoms with Gasteiger partial charge in [0.1, 0.15) is 5.69 Å². The Labute approximate surface area is 124 Å². The molecule has 0 radical (unpaired) electrons. The number of nitrogens with zero attached hydrogens (tertiary/aromatic N) is 3. The van der Waals surface area contributed by atoms with E-state index in [4.69, 9.17) is 16.7 Å². The second-order valence-electron chi connectivity index (χ2n) is 4.15. The van der Waals surface area contributed by atoms with Gasteiger partial charge in [-0.15, -0.1) is 0 Å². The average Bonchev–Trinajstić information content (AvgIpc) is 2.87. The van der Waals surface area contributed by atoms with Crippen molar-refractivity contribution in [3.8, 4) is 0 Å². The van der Waals surface area contributed by atoms with Crippen LogP contribution in [-0.4, -0.2) is 32.1 Å². The van der Waals surface area contributed by atoms with Gasteiger partial charge in [-0.05, 0) is 12.1 Å². The van der Waals surface area contributed by atoms with Crippen molar-refractivity contribution in [2.24, 2.45) is 0 Å². The molecule has 0 aliphatic rings. The number of rotatable bonds is 6. The molecule has 0 fully saturated rings. The van der Waals surface area contributed by atoms with Crippen molar-refractivity contribution in [3.05, 3.63) is 51.6 Å². The number of nitro benzene ring substituents is 1. The first-order chi connectivity index (χ1) is 9.97. The maximum absolute atomic E-state index is 10.9. The molecule has 9 heteroatoms. The van der Waals surface area contributed by atoms with E-state index in [1.165, 1.54) is 30.7 Å². The lowest BCUT2D eigenvalue weighted by Crippen LogP contribution is -2.10. The highest BCUT2D eigenvalue weighted by Gasteiger charge is 2.13. The normalized spacial score (nSPS) is 10.3. The Hall–Kier alpha value is -2.61. The summed E-state index contributed by atoms with van der Waals surface area (Å²) in [5.41, 5.74) is 0.186. The third-order valence-electron chi connectivity index (χ3n) is 2.69. The van der Waals surface area contributed by atoms with E-state index < -0.39 is 10.9 Å². The quantitative estimate of drug-likeness (QED) is 0.625. The van der Waals surface area contributed by atoms with Crippen LogP contribution in [-0.2, 0) is 6.54 Å². The number of carboxylic acids is 1. The summed E-state index contributed by atoms with van der Waals surface area (Å²) in [5.74, 6) is -1.10. The zero-order valence-electron chi connectivity index (χ0n) is 10.7. The van der Waals surface area contributed by atoms with E-state index in [2.05, 4.69) is 10.3 Å². The molecule has 0 atom stereocenters. The van der Waals surface area contributed by atoms with Crippen LogP contribution in [0.4, 0.5) is 11.4 Å². The number of benzene rings is 1. The smallest absolute Gasteiger partial charge is 0.356 e. The van der Waals surface area contributed by atoms with Crippen LogP contribution >= 0.6 is 11.6 Å². The molecule has 1 aromatic heterocycles. The largest absolute Gasteiger partial charge is 0.476 e. The molecule has 2 rings (SSSR count). The predicted octanol–water partition coefficient (Wildman–Crippen LogP) is 2.25. The minimum atomic E-state index is -1.10. The van der Waals surface area contributed by atoms with Crippen molar-refractivity contribution in [2.75, 3.05) is 11.9 Å². The lowest BCUT2D eigenvalue weighted by atomic mass is 10.2. The van der Waals surface area contributed by atoms with E-state index in [0.29, 0.717) is 23.8 Å². The fourth-order valence-corrected chi connectivity index (χ4v) is 1.89. The van der Waals surface area contributed by atoms with Crippen LogP contribution in [0.5, 0.6) is 0 Å². The number of aromatic nitrogens is 2. The first-order valence-corrected chi connectivity index (χ1v) is 6.28. The highest BCUT2D eigenvalue weighted by atomic mass is 35.5. The molecule has 2 N–H and O–H groups in total. The maximum atomic E-state index is 10.9. The van der Waals surface area contributed by atoms with Crippen LogP contribution < -0.4 is 5.32 Å². The number of hydrogen-bond donors (Lipinski definition) is 2. The van der Waals surface area contributed by atoms with Gasteiger partial charge in [-0.1, -0.05) is 11.6 Å². The molecule has 0 amide bonds. The number of hydrogen-bond acceptors (Lipinski definition) is 5. The number of anilines is 1. The van der Waals surface area contributed by atoms with Crippen molar-refractivity contribution in [2.45, 2.75) is 6.54 Å². The van der Waals surface area contributed by atoms with Gasteiger partial charge in [-0.2, -0.15) is 0 Å². The number of carboxylic acid groups (broad SMARTS) is 1. The Morgan fingerprint density at radius 3 is 2.90 bits per heavy atom. The van der Waals surface area contributed by atoms with E-state index in [1.807, 2.05) is 0 Å². The van der Waals surface area contributed by atoms with Gasteiger partial charge in [-0.25, -0.2) is 9.78 Å². The van der Waals surface area contributed by atoms with E-state index in [1.54, 1.807) is 4.57 Å². The lowest BCUT2D eigenvalue weighted by Gasteiger charge is -2.07. The van der Waals surface area contributed by atoms with E-state index in [9.17, 15) is 14.9 Å². The zero-order chi connectivity index (χ0) is 15.4. The number of nitro groups is 1. The Balaban J connectivity index is 2.01. The van der Waals surface area contributed by atoms with E-state index >= 15 is 0 Å². The minimum absolute atomic E-state index is 0.0521. The molecule has 0 aliphatic carbocycles. The Kier molecular flexibility index (Phi) is 4.39. The van der Waals surface area contributed by atoms with Gasteiger partial charge in [0.2, 0.25) is 0 Å². The molecule has 1 aromatic carbocycles. The highest BCUT2D eigenvalue weighted by molar-refractivity contribution is 6.31. The number of aromatic carboxylic acids is 1. The summed E-state index contributed by atoms with van der Waals surface area (Å²) in [6, 6.07) is 4.24. The Morgan fingerprint density at radius 2 is 2.29 bits per heavy atom. The third-order valence-corrected chi connectivity index (χ3v) is 2.93.